The third kappa shape index (κ3) is 4.93. The van der Waals surface area contributed by atoms with Gasteiger partial charge in [-0.1, -0.05) is 46.9 Å². The summed E-state index contributed by atoms with van der Waals surface area (Å²) in [5.41, 5.74) is -0.636. The Morgan fingerprint density at radius 1 is 1.04 bits per heavy atom. The maximum atomic E-state index is 13.2. The highest BCUT2D eigenvalue weighted by molar-refractivity contribution is 7.99. The van der Waals surface area contributed by atoms with E-state index in [9.17, 15) is 13.2 Å². The topological polar surface area (TPSA) is 17.8 Å². The van der Waals surface area contributed by atoms with Gasteiger partial charge in [-0.05, 0) is 35.9 Å². The van der Waals surface area contributed by atoms with Gasteiger partial charge in [-0.3, -0.25) is 0 Å². The van der Waals surface area contributed by atoms with Gasteiger partial charge in [0.1, 0.15) is 5.50 Å². The highest BCUT2D eigenvalue weighted by Crippen LogP contribution is 2.47. The van der Waals surface area contributed by atoms with Crippen LogP contribution < -0.4 is 0 Å². The minimum absolute atomic E-state index is 0.341. The zero-order valence-electron chi connectivity index (χ0n) is 13.5. The van der Waals surface area contributed by atoms with Gasteiger partial charge in [-0.15, -0.1) is 11.8 Å². The average Bonchev–Trinajstić information content (AvgIpc) is 3.15. The largest absolute Gasteiger partial charge is 0.417 e. The van der Waals surface area contributed by atoms with Crippen molar-refractivity contribution in [2.24, 2.45) is 0 Å². The van der Waals surface area contributed by atoms with Crippen LogP contribution in [0.1, 0.15) is 21.9 Å². The molecule has 27 heavy (non-hydrogen) atoms. The van der Waals surface area contributed by atoms with Crippen LogP contribution >= 0.6 is 46.6 Å². The number of hydrogen-bond acceptors (Lipinski definition) is 2. The lowest BCUT2D eigenvalue weighted by Crippen LogP contribution is -2.10. The van der Waals surface area contributed by atoms with Crippen molar-refractivity contribution in [3.63, 3.8) is 0 Å². The van der Waals surface area contributed by atoms with E-state index >= 15 is 0 Å². The summed E-state index contributed by atoms with van der Waals surface area (Å²) in [5, 5.41) is -0.172. The van der Waals surface area contributed by atoms with Gasteiger partial charge in [0.25, 0.3) is 0 Å². The van der Waals surface area contributed by atoms with Crippen molar-refractivity contribution in [2.45, 2.75) is 21.8 Å². The fraction of sp³-hybridized carbons (Fsp3) is 0.167. The fourth-order valence-electron chi connectivity index (χ4n) is 2.45. The molecule has 0 radical (unpaired) electrons. The Hall–Kier alpha value is -1.34. The van der Waals surface area contributed by atoms with Gasteiger partial charge in [0, 0.05) is 22.3 Å². The van der Waals surface area contributed by atoms with Crippen LogP contribution in [-0.2, 0) is 6.18 Å². The van der Waals surface area contributed by atoms with Crippen molar-refractivity contribution >= 4 is 46.6 Å². The summed E-state index contributed by atoms with van der Waals surface area (Å²) in [6.45, 7) is 0. The molecule has 142 valence electrons. The van der Waals surface area contributed by atoms with E-state index in [4.69, 9.17) is 34.8 Å². The minimum atomic E-state index is -4.53. The Kier molecular flexibility index (Phi) is 6.31. The number of aromatic nitrogens is 2. The Morgan fingerprint density at radius 2 is 1.74 bits per heavy atom. The summed E-state index contributed by atoms with van der Waals surface area (Å²) in [4.78, 5) is 4.38. The number of benzene rings is 2. The van der Waals surface area contributed by atoms with Gasteiger partial charge in [0.2, 0.25) is 0 Å². The van der Waals surface area contributed by atoms with E-state index in [1.165, 1.54) is 17.8 Å². The molecule has 9 heteroatoms. The van der Waals surface area contributed by atoms with E-state index in [2.05, 4.69) is 4.98 Å². The molecule has 3 aromatic rings. The van der Waals surface area contributed by atoms with Crippen LogP contribution in [0.15, 0.2) is 66.1 Å². The molecule has 2 aromatic carbocycles. The molecular weight excluding hydrogens is 440 g/mol. The molecule has 0 aliphatic heterocycles. The number of nitrogens with zero attached hydrogens (tertiary/aromatic N) is 2. The number of thioether (sulfide) groups is 1. The number of halogens is 6. The van der Waals surface area contributed by atoms with Gasteiger partial charge in [-0.25, -0.2) is 4.98 Å². The van der Waals surface area contributed by atoms with Crippen LogP contribution in [0.4, 0.5) is 13.2 Å². The second kappa shape index (κ2) is 8.35. The monoisotopic (exact) mass is 450 g/mol. The number of imidazole rings is 1. The SMILES string of the molecule is FC(F)(F)c1cc(SC(c2ccc(Cl)cc2)C(Cl)n2ccnc2)ccc1Cl. The van der Waals surface area contributed by atoms with Gasteiger partial charge in [0.05, 0.1) is 22.2 Å². The molecule has 1 aromatic heterocycles. The Bertz CT molecular complexity index is 899. The maximum Gasteiger partial charge on any atom is 0.417 e. The average molecular weight is 452 g/mol. The molecule has 0 saturated heterocycles. The molecule has 3 rings (SSSR count). The molecule has 0 fully saturated rings. The van der Waals surface area contributed by atoms with Gasteiger partial charge >= 0.3 is 6.18 Å². The second-order valence-electron chi connectivity index (χ2n) is 5.61. The van der Waals surface area contributed by atoms with E-state index in [0.29, 0.717) is 9.92 Å². The summed E-state index contributed by atoms with van der Waals surface area (Å²) in [7, 11) is 0. The van der Waals surface area contributed by atoms with E-state index in [1.807, 2.05) is 0 Å². The minimum Gasteiger partial charge on any atom is -0.319 e. The highest BCUT2D eigenvalue weighted by Gasteiger charge is 2.34. The normalized spacial score (nSPS) is 14.1. The van der Waals surface area contributed by atoms with Crippen LogP contribution in [0.25, 0.3) is 0 Å². The van der Waals surface area contributed by atoms with Crippen molar-refractivity contribution in [1.29, 1.82) is 0 Å². The lowest BCUT2D eigenvalue weighted by atomic mass is 10.1. The summed E-state index contributed by atoms with van der Waals surface area (Å²) in [5.74, 6) is 0. The van der Waals surface area contributed by atoms with E-state index in [1.54, 1.807) is 53.6 Å². The van der Waals surface area contributed by atoms with Crippen LogP contribution in [0.3, 0.4) is 0 Å². The van der Waals surface area contributed by atoms with Crippen molar-refractivity contribution in [1.82, 2.24) is 9.55 Å². The van der Waals surface area contributed by atoms with E-state index < -0.39 is 17.2 Å². The first-order valence-electron chi connectivity index (χ1n) is 7.66. The summed E-state index contributed by atoms with van der Waals surface area (Å²) in [6, 6.07) is 10.8. The van der Waals surface area contributed by atoms with Gasteiger partial charge in [-0.2, -0.15) is 13.2 Å². The zero-order chi connectivity index (χ0) is 19.6. The molecule has 0 aliphatic carbocycles. The molecule has 0 N–H and O–H groups in total. The molecule has 2 atom stereocenters. The third-order valence-electron chi connectivity index (χ3n) is 3.76. The smallest absolute Gasteiger partial charge is 0.319 e. The van der Waals surface area contributed by atoms with Crippen LogP contribution in [0.5, 0.6) is 0 Å². The molecule has 0 amide bonds. The Labute approximate surface area is 173 Å². The van der Waals surface area contributed by atoms with Crippen LogP contribution in [-0.4, -0.2) is 9.55 Å². The second-order valence-corrected chi connectivity index (χ2v) is 8.12. The third-order valence-corrected chi connectivity index (χ3v) is 6.28. The first-order valence-corrected chi connectivity index (χ1v) is 9.73. The van der Waals surface area contributed by atoms with E-state index in [0.717, 1.165) is 11.6 Å². The number of alkyl halides is 4. The molecule has 1 heterocycles. The van der Waals surface area contributed by atoms with Crippen LogP contribution in [0.2, 0.25) is 10.0 Å². The van der Waals surface area contributed by atoms with Crippen molar-refractivity contribution in [3.8, 4) is 0 Å². The van der Waals surface area contributed by atoms with Gasteiger partial charge in [0.15, 0.2) is 0 Å². The van der Waals surface area contributed by atoms with E-state index in [-0.39, 0.29) is 10.3 Å². The molecular formula is C18H12Cl3F3N2S. The Morgan fingerprint density at radius 3 is 2.33 bits per heavy atom. The Balaban J connectivity index is 1.98. The molecule has 0 saturated carbocycles. The predicted octanol–water partition coefficient (Wildman–Crippen LogP) is 7.48. The molecule has 0 bridgehead atoms. The van der Waals surface area contributed by atoms with Crippen molar-refractivity contribution < 1.29 is 13.2 Å². The first-order chi connectivity index (χ1) is 12.8. The predicted molar refractivity (Wildman–Crippen MR) is 104 cm³/mol. The molecule has 0 spiro atoms. The number of hydrogen-bond donors (Lipinski definition) is 0. The van der Waals surface area contributed by atoms with Crippen LogP contribution in [0, 0.1) is 0 Å². The maximum absolute atomic E-state index is 13.2. The standard InChI is InChI=1S/C18H12Cl3F3N2S/c19-12-3-1-11(2-4-12)16(17(21)26-8-7-25-10-26)27-13-5-6-15(20)14(9-13)18(22,23)24/h1-10,16-17H. The zero-order valence-corrected chi connectivity index (χ0v) is 16.6. The lowest BCUT2D eigenvalue weighted by molar-refractivity contribution is -0.137. The summed E-state index contributed by atoms with van der Waals surface area (Å²) in [6.07, 6.45) is 0.311. The first kappa shape index (κ1) is 20.4. The molecule has 2 unspecified atom stereocenters. The lowest BCUT2D eigenvalue weighted by Gasteiger charge is -2.24. The summed E-state index contributed by atoms with van der Waals surface area (Å²) >= 11 is 19.5. The van der Waals surface area contributed by atoms with Gasteiger partial charge < -0.3 is 4.57 Å². The molecule has 0 aliphatic rings. The quantitative estimate of drug-likeness (QED) is 0.295. The van der Waals surface area contributed by atoms with Crippen molar-refractivity contribution in [2.75, 3.05) is 0 Å². The molecule has 2 nitrogen and oxygen atoms in total. The highest BCUT2D eigenvalue weighted by atomic mass is 35.5. The summed E-state index contributed by atoms with van der Waals surface area (Å²) < 4.78 is 41.2. The fourth-order valence-corrected chi connectivity index (χ4v) is 4.39. The van der Waals surface area contributed by atoms with Crippen molar-refractivity contribution in [3.05, 3.63) is 82.4 Å². The number of rotatable bonds is 5.